The van der Waals surface area contributed by atoms with Crippen molar-refractivity contribution in [3.63, 3.8) is 0 Å². The van der Waals surface area contributed by atoms with Crippen LogP contribution in [0.1, 0.15) is 108 Å². The van der Waals surface area contributed by atoms with E-state index in [-0.39, 0.29) is 56.7 Å². The van der Waals surface area contributed by atoms with E-state index >= 15 is 0 Å². The van der Waals surface area contributed by atoms with Crippen molar-refractivity contribution in [1.82, 2.24) is 47.9 Å². The zero-order chi connectivity index (χ0) is 67.6. The summed E-state index contributed by atoms with van der Waals surface area (Å²) in [5, 5.41) is 51.6. The van der Waals surface area contributed by atoms with Crippen LogP contribution in [0.15, 0.2) is 84.9 Å². The molecule has 0 unspecified atom stereocenters. The summed E-state index contributed by atoms with van der Waals surface area (Å²) in [5.74, 6) is -14.0. The minimum absolute atomic E-state index is 0.0309. The number of nitrogens with two attached hydrogens (primary N) is 5. The largest absolute Gasteiger partial charge is 0.508 e. The lowest BCUT2D eigenvalue weighted by Gasteiger charge is -2.27. The first-order valence-corrected chi connectivity index (χ1v) is 29.9. The zero-order valence-corrected chi connectivity index (χ0v) is 51.1. The Morgan fingerprint density at radius 1 is 0.429 bits per heavy atom. The molecular weight excluding hydrogens is 1180 g/mol. The molecule has 22 N–H and O–H groups in total. The predicted molar refractivity (Wildman–Crippen MR) is 331 cm³/mol. The Morgan fingerprint density at radius 2 is 0.835 bits per heavy atom. The van der Waals surface area contributed by atoms with Crippen LogP contribution in [0.25, 0.3) is 0 Å². The number of hydrogen-bond acceptors (Lipinski definition) is 17. The molecule has 30 heteroatoms. The molecule has 91 heavy (non-hydrogen) atoms. The number of carbonyl (C=O) groups is 13. The van der Waals surface area contributed by atoms with Crippen molar-refractivity contribution in [3.8, 4) is 5.75 Å². The summed E-state index contributed by atoms with van der Waals surface area (Å²) in [7, 11) is 0. The van der Waals surface area contributed by atoms with Gasteiger partial charge in [0.1, 0.15) is 54.1 Å². The van der Waals surface area contributed by atoms with Crippen LogP contribution in [0, 0.1) is 5.92 Å². The molecule has 11 amide bonds. The van der Waals surface area contributed by atoms with Gasteiger partial charge in [0.05, 0.1) is 19.0 Å². The van der Waals surface area contributed by atoms with Gasteiger partial charge in [0.15, 0.2) is 0 Å². The van der Waals surface area contributed by atoms with Crippen molar-refractivity contribution >= 4 is 76.9 Å². The Kier molecular flexibility index (Phi) is 33.4. The minimum atomic E-state index is -1.80. The lowest BCUT2D eigenvalue weighted by Crippen LogP contribution is -2.60. The van der Waals surface area contributed by atoms with E-state index < -0.39 is 170 Å². The van der Waals surface area contributed by atoms with E-state index in [1.807, 2.05) is 0 Å². The molecule has 3 aromatic carbocycles. The number of phenols is 1. The van der Waals surface area contributed by atoms with Crippen molar-refractivity contribution in [3.05, 3.63) is 102 Å². The highest BCUT2D eigenvalue weighted by Crippen LogP contribution is 2.15. The number of carbonyl (C=O) groups excluding carboxylic acids is 11. The Morgan fingerprint density at radius 3 is 1.32 bits per heavy atom. The van der Waals surface area contributed by atoms with Crippen LogP contribution in [-0.2, 0) is 81.6 Å². The Balaban J connectivity index is 1.86. The van der Waals surface area contributed by atoms with Gasteiger partial charge in [-0.05, 0) is 112 Å². The van der Waals surface area contributed by atoms with E-state index in [9.17, 15) is 77.6 Å². The van der Waals surface area contributed by atoms with Gasteiger partial charge in [0, 0.05) is 25.7 Å². The SMILES string of the molecule is CC(C)C[C@H](NC(=O)[C@H](CC(=O)O)NC(=O)[C@H](CCCCN)NC(=O)[C@@H](N)Cc1ccccc1)C(=O)NCC(=O)N[C@@H](CCC(=O)O)C(=O)N[C@@H](CCC(N)=O)C(=O)N[C@@H](Cc1ccc(O)cc1)C(=O)N[C@@H](Cc1ccccc1)C(=O)N[C@@H](CCCCN)C(N)=O. The third-order valence-electron chi connectivity index (χ3n) is 14.1. The maximum Gasteiger partial charge on any atom is 0.305 e. The van der Waals surface area contributed by atoms with Crippen LogP contribution in [0.5, 0.6) is 5.75 Å². The molecule has 0 aliphatic heterocycles. The Bertz CT molecular complexity index is 2920. The first-order valence-electron chi connectivity index (χ1n) is 29.9. The molecule has 0 bridgehead atoms. The zero-order valence-electron chi connectivity index (χ0n) is 51.1. The molecule has 3 aromatic rings. The molecule has 0 saturated heterocycles. The maximum absolute atomic E-state index is 14.5. The second kappa shape index (κ2) is 40.2. The molecule has 0 aliphatic rings. The molecule has 0 heterocycles. The Hall–Kier alpha value is -9.55. The maximum atomic E-state index is 14.5. The summed E-state index contributed by atoms with van der Waals surface area (Å²) in [5.41, 5.74) is 30.2. The highest BCUT2D eigenvalue weighted by atomic mass is 16.4. The molecule has 0 saturated carbocycles. The first-order chi connectivity index (χ1) is 43.2. The van der Waals surface area contributed by atoms with Gasteiger partial charge < -0.3 is 91.8 Å². The number of aliphatic carboxylic acids is 2. The monoisotopic (exact) mass is 1270 g/mol. The van der Waals surface area contributed by atoms with Crippen LogP contribution in [0.3, 0.4) is 0 Å². The molecule has 0 spiro atoms. The summed E-state index contributed by atoms with van der Waals surface area (Å²) in [6.45, 7) is 3.02. The summed E-state index contributed by atoms with van der Waals surface area (Å²) in [6.07, 6.45) is -1.83. The fourth-order valence-electron chi connectivity index (χ4n) is 9.26. The van der Waals surface area contributed by atoms with Gasteiger partial charge >= 0.3 is 11.9 Å². The standard InChI is InChI=1S/C61H88N14O16/c1-35(2)29-45(72-61(91)48(33-52(81)82)75-56(86)42(18-10-12-28-63)70-54(84)40(64)30-36-13-5-3-6-14-36)55(85)67-34-50(78)68-43(24-26-51(79)80)57(87)71-44(23-25-49(65)77)58(88)73-47(32-38-19-21-39(76)22-20-38)60(90)74-46(31-37-15-7-4-8-16-37)59(89)69-41(53(66)83)17-9-11-27-62/h3-8,13-16,19-22,35,40-48,76H,9-12,17-18,23-34,62-64H2,1-2H3,(H2,65,77)(H2,66,83)(H,67,85)(H,68,78)(H,69,89)(H,70,84)(H,71,87)(H,72,91)(H,73,88)(H,74,90)(H,75,86)(H,79,80)(H,81,82)/t40-,41-,42-,43-,44-,45-,46-,47-,48-/m0/s1. The molecule has 0 aromatic heterocycles. The molecule has 0 fully saturated rings. The summed E-state index contributed by atoms with van der Waals surface area (Å²) < 4.78 is 0. The molecule has 498 valence electrons. The average Bonchev–Trinajstić information content (AvgIpc) is 2.36. The van der Waals surface area contributed by atoms with Crippen LogP contribution in [-0.4, -0.2) is 166 Å². The average molecular weight is 1270 g/mol. The number of unbranched alkanes of at least 4 members (excludes halogenated alkanes) is 2. The third-order valence-corrected chi connectivity index (χ3v) is 14.1. The Labute approximate surface area is 526 Å². The van der Waals surface area contributed by atoms with Crippen molar-refractivity contribution in [2.75, 3.05) is 19.6 Å². The highest BCUT2D eigenvalue weighted by Gasteiger charge is 2.35. The number of phenolic OH excluding ortho intramolecular Hbond substituents is 1. The third kappa shape index (κ3) is 29.5. The lowest BCUT2D eigenvalue weighted by molar-refractivity contribution is -0.141. The molecule has 3 rings (SSSR count). The second-order valence-corrected chi connectivity index (χ2v) is 22.3. The highest BCUT2D eigenvalue weighted by molar-refractivity contribution is 5.99. The van der Waals surface area contributed by atoms with Gasteiger partial charge in [-0.1, -0.05) is 86.6 Å². The fraction of sp³-hybridized carbons (Fsp3) is 0.492. The number of primary amides is 2. The van der Waals surface area contributed by atoms with Crippen LogP contribution in [0.4, 0.5) is 0 Å². The molecular formula is C61H88N14O16. The van der Waals surface area contributed by atoms with Gasteiger partial charge in [0.25, 0.3) is 0 Å². The number of hydrogen-bond donors (Lipinski definition) is 17. The lowest BCUT2D eigenvalue weighted by atomic mass is 10.0. The van der Waals surface area contributed by atoms with Crippen LogP contribution in [0.2, 0.25) is 0 Å². The van der Waals surface area contributed by atoms with Crippen LogP contribution < -0.4 is 76.5 Å². The first kappa shape index (κ1) is 75.7. The summed E-state index contributed by atoms with van der Waals surface area (Å²) >= 11 is 0. The summed E-state index contributed by atoms with van der Waals surface area (Å²) in [4.78, 5) is 174. The van der Waals surface area contributed by atoms with Crippen LogP contribution >= 0.6 is 0 Å². The van der Waals surface area contributed by atoms with Gasteiger partial charge in [-0.3, -0.25) is 62.3 Å². The van der Waals surface area contributed by atoms with Crippen molar-refractivity contribution in [1.29, 1.82) is 0 Å². The summed E-state index contributed by atoms with van der Waals surface area (Å²) in [6, 6.07) is 9.56. The molecule has 0 aliphatic carbocycles. The number of carboxylic acids is 2. The molecule has 9 atom stereocenters. The van der Waals surface area contributed by atoms with E-state index in [0.717, 1.165) is 5.56 Å². The van der Waals surface area contributed by atoms with Gasteiger partial charge in [0.2, 0.25) is 65.0 Å². The predicted octanol–water partition coefficient (Wildman–Crippen LogP) is -2.86. The van der Waals surface area contributed by atoms with Crippen molar-refractivity contribution in [2.45, 2.75) is 165 Å². The quantitative estimate of drug-likeness (QED) is 0.0253. The van der Waals surface area contributed by atoms with Gasteiger partial charge in [-0.15, -0.1) is 0 Å². The number of amides is 11. The topological polar surface area (TPSA) is 521 Å². The number of nitrogens with one attached hydrogen (secondary N) is 9. The minimum Gasteiger partial charge on any atom is -0.508 e. The fourth-order valence-corrected chi connectivity index (χ4v) is 9.26. The number of aromatic hydroxyl groups is 1. The second-order valence-electron chi connectivity index (χ2n) is 22.3. The van der Waals surface area contributed by atoms with E-state index in [0.29, 0.717) is 43.4 Å². The molecule has 0 radical (unpaired) electrons. The molecule has 30 nitrogen and oxygen atoms in total. The smallest absolute Gasteiger partial charge is 0.305 e. The van der Waals surface area contributed by atoms with Crippen molar-refractivity contribution in [2.24, 2.45) is 34.6 Å². The van der Waals surface area contributed by atoms with E-state index in [1.165, 1.54) is 24.3 Å². The van der Waals surface area contributed by atoms with E-state index in [2.05, 4.69) is 47.9 Å². The van der Waals surface area contributed by atoms with Gasteiger partial charge in [-0.2, -0.15) is 0 Å². The van der Waals surface area contributed by atoms with E-state index in [1.54, 1.807) is 74.5 Å². The number of rotatable bonds is 43. The van der Waals surface area contributed by atoms with Crippen molar-refractivity contribution < 1.29 is 77.6 Å². The normalized spacial score (nSPS) is 14.0. The van der Waals surface area contributed by atoms with E-state index in [4.69, 9.17) is 28.7 Å². The van der Waals surface area contributed by atoms with Gasteiger partial charge in [-0.25, -0.2) is 0 Å². The number of benzene rings is 3. The number of carboxylic acid groups (broad SMARTS) is 2.